The molecule has 3 aromatic rings. The van der Waals surface area contributed by atoms with E-state index in [4.69, 9.17) is 10.5 Å². The van der Waals surface area contributed by atoms with Crippen LogP contribution in [0, 0.1) is 0 Å². The van der Waals surface area contributed by atoms with E-state index in [1.54, 1.807) is 0 Å². The second kappa shape index (κ2) is 8.29. The van der Waals surface area contributed by atoms with Crippen LogP contribution in [0.3, 0.4) is 0 Å². The van der Waals surface area contributed by atoms with Crippen molar-refractivity contribution >= 4 is 22.1 Å². The molecule has 2 atom stereocenters. The summed E-state index contributed by atoms with van der Waals surface area (Å²) in [7, 11) is 0. The van der Waals surface area contributed by atoms with Gasteiger partial charge in [0.1, 0.15) is 0 Å². The number of hydrogen-bond donors (Lipinski definition) is 2. The van der Waals surface area contributed by atoms with Crippen molar-refractivity contribution in [3.63, 3.8) is 0 Å². The van der Waals surface area contributed by atoms with Gasteiger partial charge in [0, 0.05) is 24.5 Å². The van der Waals surface area contributed by atoms with Crippen LogP contribution in [0.1, 0.15) is 22.6 Å². The summed E-state index contributed by atoms with van der Waals surface area (Å²) in [5, 5.41) is 8.17. The van der Waals surface area contributed by atoms with Crippen LogP contribution in [0.15, 0.2) is 60.0 Å². The van der Waals surface area contributed by atoms with Crippen LogP contribution in [0.25, 0.3) is 10.8 Å². The largest absolute Gasteiger partial charge is 0.379 e. The number of benzene rings is 2. The lowest BCUT2D eigenvalue weighted by molar-refractivity contribution is 0.0164. The number of nitrogens with zero attached hydrogens (tertiary/aromatic N) is 1. The fraction of sp³-hybridized carbons (Fsp3) is 0.333. The third kappa shape index (κ3) is 3.82. The topological polar surface area (TPSA) is 50.5 Å². The van der Waals surface area contributed by atoms with Crippen molar-refractivity contribution in [1.82, 2.24) is 10.2 Å². The van der Waals surface area contributed by atoms with Crippen LogP contribution in [0.4, 0.5) is 0 Å². The average molecular weight is 368 g/mol. The molecular formula is C21H25N3OS. The smallest absolute Gasteiger partial charge is 0.0816 e. The number of rotatable bonds is 6. The zero-order valence-corrected chi connectivity index (χ0v) is 15.6. The van der Waals surface area contributed by atoms with E-state index in [1.165, 1.54) is 15.6 Å². The van der Waals surface area contributed by atoms with E-state index in [0.29, 0.717) is 6.04 Å². The first-order valence-electron chi connectivity index (χ1n) is 9.15. The number of thiophene rings is 1. The van der Waals surface area contributed by atoms with Gasteiger partial charge in [0.25, 0.3) is 0 Å². The molecule has 5 heteroatoms. The number of ether oxygens (including phenoxy) is 1. The van der Waals surface area contributed by atoms with Crippen LogP contribution in [-0.4, -0.2) is 37.7 Å². The molecule has 1 aliphatic heterocycles. The highest BCUT2D eigenvalue weighted by Gasteiger charge is 2.24. The van der Waals surface area contributed by atoms with Crippen LogP contribution in [0.5, 0.6) is 0 Å². The minimum Gasteiger partial charge on any atom is -0.379 e. The van der Waals surface area contributed by atoms with Crippen molar-refractivity contribution in [2.45, 2.75) is 12.2 Å². The van der Waals surface area contributed by atoms with E-state index < -0.39 is 0 Å². The molecule has 2 heterocycles. The molecule has 2 unspecified atom stereocenters. The Morgan fingerprint density at radius 1 is 1.04 bits per heavy atom. The Balaban J connectivity index is 1.51. The van der Waals surface area contributed by atoms with Gasteiger partial charge in [0.05, 0.1) is 25.4 Å². The normalized spacial score (nSPS) is 18.0. The Kier molecular flexibility index (Phi) is 5.62. The van der Waals surface area contributed by atoms with Crippen LogP contribution in [-0.2, 0) is 4.74 Å². The van der Waals surface area contributed by atoms with Crippen LogP contribution in [0.2, 0.25) is 0 Å². The van der Waals surface area contributed by atoms with E-state index in [1.807, 2.05) is 11.3 Å². The molecule has 0 radical (unpaired) electrons. The number of hydrogen-bond acceptors (Lipinski definition) is 5. The molecule has 3 N–H and O–H groups in total. The Labute approximate surface area is 158 Å². The van der Waals surface area contributed by atoms with Crippen molar-refractivity contribution in [3.8, 4) is 0 Å². The van der Waals surface area contributed by atoms with Gasteiger partial charge in [-0.05, 0) is 27.8 Å². The highest BCUT2D eigenvalue weighted by Crippen LogP contribution is 2.27. The molecule has 2 aromatic carbocycles. The molecular weight excluding hydrogens is 342 g/mol. The molecule has 0 bridgehead atoms. The summed E-state index contributed by atoms with van der Waals surface area (Å²) in [5.41, 5.74) is 7.69. The van der Waals surface area contributed by atoms with Crippen molar-refractivity contribution in [2.24, 2.45) is 5.73 Å². The summed E-state index contributed by atoms with van der Waals surface area (Å²) in [6, 6.07) is 19.4. The second-order valence-electron chi connectivity index (χ2n) is 6.63. The van der Waals surface area contributed by atoms with Gasteiger partial charge in [-0.3, -0.25) is 10.2 Å². The molecule has 0 saturated carbocycles. The van der Waals surface area contributed by atoms with Gasteiger partial charge in [-0.15, -0.1) is 11.3 Å². The van der Waals surface area contributed by atoms with Gasteiger partial charge in [-0.1, -0.05) is 48.5 Å². The molecule has 4 rings (SSSR count). The van der Waals surface area contributed by atoms with Crippen molar-refractivity contribution in [2.75, 3.05) is 32.8 Å². The fourth-order valence-corrected chi connectivity index (χ4v) is 4.51. The van der Waals surface area contributed by atoms with Crippen molar-refractivity contribution in [3.05, 3.63) is 70.4 Å². The fourth-order valence-electron chi connectivity index (χ4n) is 3.65. The van der Waals surface area contributed by atoms with Crippen molar-refractivity contribution in [1.29, 1.82) is 0 Å². The van der Waals surface area contributed by atoms with Gasteiger partial charge < -0.3 is 10.5 Å². The molecule has 1 saturated heterocycles. The molecule has 0 spiro atoms. The first-order valence-corrected chi connectivity index (χ1v) is 10.0. The first-order chi connectivity index (χ1) is 12.8. The molecule has 1 aliphatic rings. The lowest BCUT2D eigenvalue weighted by Gasteiger charge is -2.34. The molecule has 0 amide bonds. The molecule has 0 aliphatic carbocycles. The number of nitrogens with one attached hydrogen (secondary N) is 1. The van der Waals surface area contributed by atoms with Crippen molar-refractivity contribution < 1.29 is 4.74 Å². The lowest BCUT2D eigenvalue weighted by Crippen LogP contribution is -2.44. The summed E-state index contributed by atoms with van der Waals surface area (Å²) >= 11 is 1.81. The molecule has 136 valence electrons. The van der Waals surface area contributed by atoms with Gasteiger partial charge in [-0.2, -0.15) is 0 Å². The van der Waals surface area contributed by atoms with E-state index >= 15 is 0 Å². The van der Waals surface area contributed by atoms with E-state index in [2.05, 4.69) is 70.2 Å². The number of fused-ring (bicyclic) bond motifs is 1. The van der Waals surface area contributed by atoms with Gasteiger partial charge >= 0.3 is 0 Å². The Bertz CT molecular complexity index is 825. The number of nitrogens with two attached hydrogens (primary N) is 1. The van der Waals surface area contributed by atoms with E-state index in [9.17, 15) is 0 Å². The Morgan fingerprint density at radius 2 is 1.85 bits per heavy atom. The van der Waals surface area contributed by atoms with E-state index in [0.717, 1.165) is 38.4 Å². The highest BCUT2D eigenvalue weighted by atomic mass is 32.1. The third-order valence-electron chi connectivity index (χ3n) is 5.05. The maximum Gasteiger partial charge on any atom is 0.0816 e. The first kappa shape index (κ1) is 17.6. The standard InChI is InChI=1S/C21H25N3OS/c22-21(18-8-3-6-16-5-1-2-7-17(16)18)23-15-19(20-9-4-14-26-20)24-10-12-25-13-11-24/h1-9,14,19,21,23H,10-13,15,22H2. The minimum atomic E-state index is -0.190. The Morgan fingerprint density at radius 3 is 2.65 bits per heavy atom. The summed E-state index contributed by atoms with van der Waals surface area (Å²) in [6.45, 7) is 4.36. The third-order valence-corrected chi connectivity index (χ3v) is 6.02. The molecule has 1 aromatic heterocycles. The molecule has 26 heavy (non-hydrogen) atoms. The molecule has 1 fully saturated rings. The predicted molar refractivity (Wildman–Crippen MR) is 108 cm³/mol. The maximum absolute atomic E-state index is 6.54. The van der Waals surface area contributed by atoms with Crippen LogP contribution < -0.4 is 11.1 Å². The summed E-state index contributed by atoms with van der Waals surface area (Å²) in [5.74, 6) is 0. The minimum absolute atomic E-state index is 0.190. The van der Waals surface area contributed by atoms with Gasteiger partial charge in [0.15, 0.2) is 0 Å². The summed E-state index contributed by atoms with van der Waals surface area (Å²) < 4.78 is 5.53. The predicted octanol–water partition coefficient (Wildman–Crippen LogP) is 3.52. The lowest BCUT2D eigenvalue weighted by atomic mass is 10.0. The number of morpholine rings is 1. The average Bonchev–Trinajstić information content (AvgIpc) is 3.23. The SMILES string of the molecule is NC(NCC(c1cccs1)N1CCOCC1)c1cccc2ccccc12. The zero-order valence-electron chi connectivity index (χ0n) is 14.8. The van der Waals surface area contributed by atoms with E-state index in [-0.39, 0.29) is 6.17 Å². The van der Waals surface area contributed by atoms with Crippen LogP contribution >= 0.6 is 11.3 Å². The van der Waals surface area contributed by atoms with Gasteiger partial charge in [0.2, 0.25) is 0 Å². The zero-order chi connectivity index (χ0) is 17.8. The monoisotopic (exact) mass is 367 g/mol. The quantitative estimate of drug-likeness (QED) is 0.655. The highest BCUT2D eigenvalue weighted by molar-refractivity contribution is 7.10. The summed E-state index contributed by atoms with van der Waals surface area (Å²) in [6.07, 6.45) is -0.190. The molecule has 4 nitrogen and oxygen atoms in total. The summed E-state index contributed by atoms with van der Waals surface area (Å²) in [4.78, 5) is 3.88. The second-order valence-corrected chi connectivity index (χ2v) is 7.61. The van der Waals surface area contributed by atoms with Gasteiger partial charge in [-0.25, -0.2) is 0 Å². The Hall–Kier alpha value is -1.76. The maximum atomic E-state index is 6.54.